The predicted molar refractivity (Wildman–Crippen MR) is 82.0 cm³/mol. The van der Waals surface area contributed by atoms with E-state index in [9.17, 15) is 30.4 Å². The third-order valence-electron chi connectivity index (χ3n) is 3.64. The Bertz CT molecular complexity index is 853. The number of alkyl halides is 3. The van der Waals surface area contributed by atoms with Gasteiger partial charge in [0.25, 0.3) is 0 Å². The van der Waals surface area contributed by atoms with Crippen molar-refractivity contribution in [1.82, 2.24) is 4.72 Å². The van der Waals surface area contributed by atoms with Gasteiger partial charge in [-0.25, -0.2) is 17.2 Å². The van der Waals surface area contributed by atoms with E-state index >= 15 is 0 Å². The summed E-state index contributed by atoms with van der Waals surface area (Å²) in [6.45, 7) is 0.681. The molecule has 0 aliphatic rings. The van der Waals surface area contributed by atoms with Gasteiger partial charge in [-0.15, -0.1) is 0 Å². The van der Waals surface area contributed by atoms with E-state index in [4.69, 9.17) is 0 Å². The summed E-state index contributed by atoms with van der Waals surface area (Å²) >= 11 is 0. The summed E-state index contributed by atoms with van der Waals surface area (Å²) in [5.74, 6) is -3.13. The molecule has 1 unspecified atom stereocenters. The minimum Gasteiger partial charge on any atom is -0.212 e. The van der Waals surface area contributed by atoms with Crippen molar-refractivity contribution in [2.45, 2.75) is 24.4 Å². The lowest BCUT2D eigenvalue weighted by Crippen LogP contribution is -2.54. The van der Waals surface area contributed by atoms with Crippen LogP contribution in [0, 0.1) is 11.6 Å². The first-order valence-corrected chi connectivity index (χ1v) is 8.68. The van der Waals surface area contributed by atoms with E-state index in [0.717, 1.165) is 24.3 Å². The molecule has 0 saturated carbocycles. The van der Waals surface area contributed by atoms with Crippen LogP contribution in [0.25, 0.3) is 0 Å². The largest absolute Gasteiger partial charge is 0.411 e. The normalized spacial score (nSPS) is 15.0. The highest BCUT2D eigenvalue weighted by molar-refractivity contribution is 7.88. The Morgan fingerprint density at radius 3 is 2.12 bits per heavy atom. The first kappa shape index (κ1) is 19.3. The van der Waals surface area contributed by atoms with Gasteiger partial charge in [0.2, 0.25) is 10.0 Å². The van der Waals surface area contributed by atoms with Crippen LogP contribution in [-0.2, 0) is 21.3 Å². The van der Waals surface area contributed by atoms with Crippen LogP contribution in [0.5, 0.6) is 0 Å². The fourth-order valence-electron chi connectivity index (χ4n) is 2.24. The third-order valence-corrected chi connectivity index (χ3v) is 5.05. The van der Waals surface area contributed by atoms with E-state index in [2.05, 4.69) is 0 Å². The summed E-state index contributed by atoms with van der Waals surface area (Å²) in [6.07, 6.45) is -4.94. The molecule has 3 nitrogen and oxygen atoms in total. The monoisotopic (exact) mass is 379 g/mol. The van der Waals surface area contributed by atoms with Gasteiger partial charge in [-0.1, -0.05) is 36.4 Å². The Morgan fingerprint density at radius 1 is 1.00 bits per heavy atom. The summed E-state index contributed by atoms with van der Waals surface area (Å²) in [6, 6.07) is 8.60. The minimum absolute atomic E-state index is 0.314. The molecule has 0 heterocycles. The molecule has 136 valence electrons. The molecular weight excluding hydrogens is 365 g/mol. The van der Waals surface area contributed by atoms with Crippen LogP contribution in [0.3, 0.4) is 0 Å². The number of benzene rings is 2. The highest BCUT2D eigenvalue weighted by atomic mass is 32.2. The SMILES string of the molecule is CC(NS(=O)(=O)Cc1ccc(F)cc1F)(c1ccccc1)C(F)(F)F. The second-order valence-electron chi connectivity index (χ2n) is 5.59. The maximum absolute atomic E-state index is 13.6. The Labute approximate surface area is 141 Å². The van der Waals surface area contributed by atoms with Gasteiger partial charge in [0.1, 0.15) is 11.6 Å². The van der Waals surface area contributed by atoms with Crippen molar-refractivity contribution in [1.29, 1.82) is 0 Å². The standard InChI is InChI=1S/C16H14F5NO2S/c1-15(16(19,20)21,12-5-3-2-4-6-12)22-25(23,24)10-11-7-8-13(17)9-14(11)18/h2-9,22H,10H2,1H3. The van der Waals surface area contributed by atoms with Crippen molar-refractivity contribution in [3.8, 4) is 0 Å². The molecule has 2 rings (SSSR count). The summed E-state index contributed by atoms with van der Waals surface area (Å²) in [7, 11) is -4.59. The molecule has 2 aromatic carbocycles. The average Bonchev–Trinajstić information content (AvgIpc) is 2.49. The van der Waals surface area contributed by atoms with Gasteiger partial charge in [0, 0.05) is 11.6 Å². The van der Waals surface area contributed by atoms with Gasteiger partial charge in [-0.05, 0) is 18.6 Å². The van der Waals surface area contributed by atoms with E-state index in [0.29, 0.717) is 13.0 Å². The van der Waals surface area contributed by atoms with Gasteiger partial charge in [-0.2, -0.15) is 17.9 Å². The molecule has 0 radical (unpaired) electrons. The molecule has 0 aliphatic heterocycles. The number of sulfonamides is 1. The fourth-order valence-corrected chi connectivity index (χ4v) is 3.81. The summed E-state index contributed by atoms with van der Waals surface area (Å²) in [5, 5.41) is 0. The molecule has 9 heteroatoms. The molecular formula is C16H14F5NO2S. The van der Waals surface area contributed by atoms with E-state index in [1.54, 1.807) is 4.72 Å². The van der Waals surface area contributed by atoms with Crippen LogP contribution >= 0.6 is 0 Å². The summed E-state index contributed by atoms with van der Waals surface area (Å²) in [5.41, 5.74) is -3.65. The van der Waals surface area contributed by atoms with Crippen LogP contribution < -0.4 is 4.72 Å². The summed E-state index contributed by atoms with van der Waals surface area (Å²) in [4.78, 5) is 0. The second kappa shape index (κ2) is 6.72. The maximum Gasteiger partial charge on any atom is 0.411 e. The Balaban J connectivity index is 2.38. The van der Waals surface area contributed by atoms with Crippen molar-refractivity contribution < 1.29 is 30.4 Å². The maximum atomic E-state index is 13.6. The van der Waals surface area contributed by atoms with Gasteiger partial charge in [0.05, 0.1) is 5.75 Å². The zero-order chi connectivity index (χ0) is 18.9. The molecule has 25 heavy (non-hydrogen) atoms. The topological polar surface area (TPSA) is 46.2 Å². The number of nitrogens with one attached hydrogen (secondary N) is 1. The summed E-state index contributed by atoms with van der Waals surface area (Å²) < 4.78 is 93.1. The molecule has 0 aliphatic carbocycles. The van der Waals surface area contributed by atoms with Crippen LogP contribution in [0.4, 0.5) is 22.0 Å². The number of halogens is 5. The van der Waals surface area contributed by atoms with Gasteiger partial charge >= 0.3 is 6.18 Å². The average molecular weight is 379 g/mol. The Kier molecular flexibility index (Phi) is 5.19. The highest BCUT2D eigenvalue weighted by Crippen LogP contribution is 2.39. The lowest BCUT2D eigenvalue weighted by Gasteiger charge is -2.33. The van der Waals surface area contributed by atoms with Gasteiger partial charge in [0.15, 0.2) is 5.54 Å². The first-order valence-electron chi connectivity index (χ1n) is 7.02. The molecule has 0 amide bonds. The van der Waals surface area contributed by atoms with Gasteiger partial charge < -0.3 is 0 Å². The molecule has 0 fully saturated rings. The second-order valence-corrected chi connectivity index (χ2v) is 7.31. The molecule has 0 aromatic heterocycles. The van der Waals surface area contributed by atoms with Crippen LogP contribution in [-0.4, -0.2) is 14.6 Å². The van der Waals surface area contributed by atoms with Crippen LogP contribution in [0.15, 0.2) is 48.5 Å². The van der Waals surface area contributed by atoms with Crippen molar-refractivity contribution >= 4 is 10.0 Å². The van der Waals surface area contributed by atoms with E-state index < -0.39 is 44.7 Å². The Hall–Kier alpha value is -2.00. The van der Waals surface area contributed by atoms with E-state index in [1.807, 2.05) is 0 Å². The molecule has 0 spiro atoms. The first-order chi connectivity index (χ1) is 11.4. The predicted octanol–water partition coefficient (Wildman–Crippen LogP) is 3.86. The van der Waals surface area contributed by atoms with Crippen molar-refractivity contribution in [3.05, 3.63) is 71.3 Å². The number of hydrogen-bond acceptors (Lipinski definition) is 2. The smallest absolute Gasteiger partial charge is 0.212 e. The molecule has 2 aromatic rings. The van der Waals surface area contributed by atoms with Crippen LogP contribution in [0.1, 0.15) is 18.1 Å². The van der Waals surface area contributed by atoms with Crippen LogP contribution in [0.2, 0.25) is 0 Å². The van der Waals surface area contributed by atoms with Crippen molar-refractivity contribution in [2.24, 2.45) is 0 Å². The number of hydrogen-bond donors (Lipinski definition) is 1. The number of rotatable bonds is 5. The minimum atomic E-state index is -4.94. The van der Waals surface area contributed by atoms with Crippen molar-refractivity contribution in [2.75, 3.05) is 0 Å². The third kappa shape index (κ3) is 4.35. The lowest BCUT2D eigenvalue weighted by atomic mass is 9.93. The lowest BCUT2D eigenvalue weighted by molar-refractivity contribution is -0.189. The van der Waals surface area contributed by atoms with Gasteiger partial charge in [-0.3, -0.25) is 0 Å². The zero-order valence-electron chi connectivity index (χ0n) is 12.9. The molecule has 1 atom stereocenters. The zero-order valence-corrected chi connectivity index (χ0v) is 13.8. The van der Waals surface area contributed by atoms with E-state index in [1.165, 1.54) is 18.2 Å². The highest BCUT2D eigenvalue weighted by Gasteiger charge is 2.54. The fraction of sp³-hybridized carbons (Fsp3) is 0.250. The Morgan fingerprint density at radius 2 is 1.60 bits per heavy atom. The quantitative estimate of drug-likeness (QED) is 0.802. The van der Waals surface area contributed by atoms with Crippen molar-refractivity contribution in [3.63, 3.8) is 0 Å². The molecule has 0 bridgehead atoms. The molecule has 1 N–H and O–H groups in total. The van der Waals surface area contributed by atoms with E-state index in [-0.39, 0.29) is 5.56 Å². The molecule has 0 saturated heterocycles.